The van der Waals surface area contributed by atoms with E-state index in [-0.39, 0.29) is 16.9 Å². The highest BCUT2D eigenvalue weighted by Gasteiger charge is 2.33. The van der Waals surface area contributed by atoms with Crippen molar-refractivity contribution in [3.05, 3.63) is 88.6 Å². The molecule has 4 rings (SSSR count). The predicted octanol–water partition coefficient (Wildman–Crippen LogP) is 4.97. The van der Waals surface area contributed by atoms with Crippen molar-refractivity contribution in [3.63, 3.8) is 0 Å². The predicted molar refractivity (Wildman–Crippen MR) is 128 cm³/mol. The number of nitrogens with zero attached hydrogens (tertiary/aromatic N) is 5. The number of amides is 1. The summed E-state index contributed by atoms with van der Waals surface area (Å²) >= 11 is 0. The minimum Gasteiger partial charge on any atom is -0.271 e. The Morgan fingerprint density at radius 3 is 2.14 bits per heavy atom. The van der Waals surface area contributed by atoms with Gasteiger partial charge in [-0.05, 0) is 37.1 Å². The number of carbonyl (C=O) groups is 1. The molecule has 0 bridgehead atoms. The SMILES string of the molecule is Cc1ccc(C=Nc2nn(CC(=O)N/N=C/c3ccc(C)cc3)c3nc(C(F)(F)F)ccc23)cc1. The molecule has 0 spiro atoms. The van der Waals surface area contributed by atoms with Gasteiger partial charge in [-0.3, -0.25) is 4.79 Å². The first-order valence-corrected chi connectivity index (χ1v) is 10.6. The van der Waals surface area contributed by atoms with Crippen molar-refractivity contribution >= 4 is 35.2 Å². The molecule has 0 saturated heterocycles. The zero-order chi connectivity index (χ0) is 25.0. The van der Waals surface area contributed by atoms with Gasteiger partial charge in [-0.2, -0.15) is 18.3 Å². The smallest absolute Gasteiger partial charge is 0.271 e. The number of rotatable bonds is 6. The summed E-state index contributed by atoms with van der Waals surface area (Å²) in [5.41, 5.74) is 4.91. The number of hydrogen-bond donors (Lipinski definition) is 1. The van der Waals surface area contributed by atoms with E-state index in [1.807, 2.05) is 62.4 Å². The van der Waals surface area contributed by atoms with Crippen molar-refractivity contribution in [1.82, 2.24) is 20.2 Å². The minimum atomic E-state index is -4.64. The first-order chi connectivity index (χ1) is 16.7. The average Bonchev–Trinajstić information content (AvgIpc) is 3.16. The number of hydrogen-bond acceptors (Lipinski definition) is 5. The van der Waals surface area contributed by atoms with Crippen LogP contribution in [0.4, 0.5) is 19.0 Å². The van der Waals surface area contributed by atoms with Gasteiger partial charge in [0.1, 0.15) is 12.2 Å². The summed E-state index contributed by atoms with van der Waals surface area (Å²) < 4.78 is 40.8. The molecule has 0 aliphatic rings. The van der Waals surface area contributed by atoms with Crippen LogP contribution in [0.2, 0.25) is 0 Å². The number of carbonyl (C=O) groups excluding carboxylic acids is 1. The quantitative estimate of drug-likeness (QED) is 0.314. The molecule has 4 aromatic rings. The third kappa shape index (κ3) is 5.97. The summed E-state index contributed by atoms with van der Waals surface area (Å²) in [5, 5.41) is 8.42. The fraction of sp³-hybridized carbons (Fsp3) is 0.160. The second-order valence-corrected chi connectivity index (χ2v) is 7.92. The number of pyridine rings is 1. The number of nitrogens with one attached hydrogen (secondary N) is 1. The van der Waals surface area contributed by atoms with Crippen molar-refractivity contribution in [2.24, 2.45) is 10.1 Å². The molecule has 1 N–H and O–H groups in total. The van der Waals surface area contributed by atoms with E-state index < -0.39 is 24.3 Å². The van der Waals surface area contributed by atoms with Crippen molar-refractivity contribution in [2.75, 3.05) is 0 Å². The summed E-state index contributed by atoms with van der Waals surface area (Å²) in [6.45, 7) is 3.51. The summed E-state index contributed by atoms with van der Waals surface area (Å²) in [4.78, 5) is 20.5. The Labute approximate surface area is 199 Å². The van der Waals surface area contributed by atoms with E-state index in [0.29, 0.717) is 0 Å². The van der Waals surface area contributed by atoms with Gasteiger partial charge < -0.3 is 0 Å². The normalized spacial score (nSPS) is 12.1. The molecule has 0 fully saturated rings. The first kappa shape index (κ1) is 23.8. The fourth-order valence-electron chi connectivity index (χ4n) is 3.19. The van der Waals surface area contributed by atoms with Crippen LogP contribution in [0, 0.1) is 13.8 Å². The lowest BCUT2D eigenvalue weighted by molar-refractivity contribution is -0.141. The van der Waals surface area contributed by atoms with Crippen LogP contribution in [0.3, 0.4) is 0 Å². The van der Waals surface area contributed by atoms with E-state index in [0.717, 1.165) is 33.0 Å². The number of alkyl halides is 3. The van der Waals surface area contributed by atoms with Crippen LogP contribution in [0.1, 0.15) is 27.9 Å². The third-order valence-corrected chi connectivity index (χ3v) is 5.05. The zero-order valence-corrected chi connectivity index (χ0v) is 18.9. The van der Waals surface area contributed by atoms with Crippen LogP contribution in [0.5, 0.6) is 0 Å². The number of halogens is 3. The fourth-order valence-corrected chi connectivity index (χ4v) is 3.19. The van der Waals surface area contributed by atoms with Crippen molar-refractivity contribution in [3.8, 4) is 0 Å². The maximum absolute atomic E-state index is 13.3. The van der Waals surface area contributed by atoms with Crippen molar-refractivity contribution in [2.45, 2.75) is 26.6 Å². The molecule has 0 aliphatic heterocycles. The second-order valence-electron chi connectivity index (χ2n) is 7.92. The lowest BCUT2D eigenvalue weighted by atomic mass is 10.2. The Hall–Kier alpha value is -4.34. The summed E-state index contributed by atoms with van der Waals surface area (Å²) in [5.74, 6) is -0.427. The summed E-state index contributed by atoms with van der Waals surface area (Å²) in [6, 6.07) is 17.2. The Morgan fingerprint density at radius 1 is 0.943 bits per heavy atom. The number of aryl methyl sites for hydroxylation is 2. The van der Waals surface area contributed by atoms with Gasteiger partial charge in [0.15, 0.2) is 11.5 Å². The molecule has 35 heavy (non-hydrogen) atoms. The van der Waals surface area contributed by atoms with E-state index in [9.17, 15) is 18.0 Å². The first-order valence-electron chi connectivity index (χ1n) is 10.6. The summed E-state index contributed by atoms with van der Waals surface area (Å²) in [6.07, 6.45) is -1.62. The molecule has 0 saturated carbocycles. The van der Waals surface area contributed by atoms with E-state index in [4.69, 9.17) is 0 Å². The maximum atomic E-state index is 13.3. The van der Waals surface area contributed by atoms with Crippen LogP contribution in [0.25, 0.3) is 11.0 Å². The molecule has 0 atom stereocenters. The van der Waals surface area contributed by atoms with Gasteiger partial charge in [0.25, 0.3) is 5.91 Å². The zero-order valence-electron chi connectivity index (χ0n) is 18.9. The average molecular weight is 478 g/mol. The molecule has 2 aromatic heterocycles. The molecular formula is C25H21F3N6O. The van der Waals surface area contributed by atoms with Gasteiger partial charge in [-0.25, -0.2) is 20.1 Å². The van der Waals surface area contributed by atoms with Crippen LogP contribution in [-0.2, 0) is 17.5 Å². The number of aromatic nitrogens is 3. The van der Waals surface area contributed by atoms with Crippen LogP contribution in [0.15, 0.2) is 70.8 Å². The van der Waals surface area contributed by atoms with Gasteiger partial charge in [0, 0.05) is 6.21 Å². The van der Waals surface area contributed by atoms with E-state index in [1.165, 1.54) is 12.3 Å². The van der Waals surface area contributed by atoms with Crippen LogP contribution < -0.4 is 5.43 Å². The molecule has 178 valence electrons. The Balaban J connectivity index is 1.60. The molecule has 7 nitrogen and oxygen atoms in total. The lowest BCUT2D eigenvalue weighted by Crippen LogP contribution is -2.24. The maximum Gasteiger partial charge on any atom is 0.433 e. The largest absolute Gasteiger partial charge is 0.433 e. The molecule has 1 amide bonds. The van der Waals surface area contributed by atoms with E-state index in [2.05, 4.69) is 25.6 Å². The lowest BCUT2D eigenvalue weighted by Gasteiger charge is -2.06. The van der Waals surface area contributed by atoms with E-state index >= 15 is 0 Å². The number of fused-ring (bicyclic) bond motifs is 1. The van der Waals surface area contributed by atoms with Gasteiger partial charge in [-0.1, -0.05) is 59.7 Å². The van der Waals surface area contributed by atoms with Gasteiger partial charge in [0.2, 0.25) is 0 Å². The number of hydrazone groups is 1. The van der Waals surface area contributed by atoms with Gasteiger partial charge in [0.05, 0.1) is 11.6 Å². The Kier molecular flexibility index (Phi) is 6.72. The molecule has 0 radical (unpaired) electrons. The molecule has 2 aromatic carbocycles. The number of aliphatic imine (C=N–C) groups is 1. The topological polar surface area (TPSA) is 84.5 Å². The molecule has 10 heteroatoms. The van der Waals surface area contributed by atoms with Crippen molar-refractivity contribution < 1.29 is 18.0 Å². The highest BCUT2D eigenvalue weighted by atomic mass is 19.4. The van der Waals surface area contributed by atoms with Crippen molar-refractivity contribution in [1.29, 1.82) is 0 Å². The number of benzene rings is 2. The van der Waals surface area contributed by atoms with Gasteiger partial charge in [-0.15, -0.1) is 5.10 Å². The van der Waals surface area contributed by atoms with Crippen LogP contribution >= 0.6 is 0 Å². The van der Waals surface area contributed by atoms with E-state index in [1.54, 1.807) is 6.21 Å². The minimum absolute atomic E-state index is 0.103. The van der Waals surface area contributed by atoms with Crippen LogP contribution in [-0.4, -0.2) is 33.1 Å². The molecule has 0 aliphatic carbocycles. The summed E-state index contributed by atoms with van der Waals surface area (Å²) in [7, 11) is 0. The monoisotopic (exact) mass is 478 g/mol. The Morgan fingerprint density at radius 2 is 1.54 bits per heavy atom. The highest BCUT2D eigenvalue weighted by Crippen LogP contribution is 2.31. The molecule has 0 unspecified atom stereocenters. The second kappa shape index (κ2) is 9.88. The highest BCUT2D eigenvalue weighted by molar-refractivity contribution is 5.91. The Bertz CT molecular complexity index is 1400. The standard InChI is InChI=1S/C25H21F3N6O/c1-16-3-7-18(8-4-16)13-29-23-20-11-12-21(25(26,27)28)31-24(20)34(33-23)15-22(35)32-30-14-19-9-5-17(2)6-10-19/h3-14H,15H2,1-2H3,(H,32,35)/b29-13?,30-14+. The molecular weight excluding hydrogens is 457 g/mol. The molecule has 2 heterocycles. The third-order valence-electron chi connectivity index (χ3n) is 5.05. The van der Waals surface area contributed by atoms with Gasteiger partial charge >= 0.3 is 6.18 Å².